The van der Waals surface area contributed by atoms with Gasteiger partial charge in [-0.15, -0.1) is 0 Å². The van der Waals surface area contributed by atoms with Crippen molar-refractivity contribution in [2.24, 2.45) is 0 Å². The first kappa shape index (κ1) is 14.9. The highest BCUT2D eigenvalue weighted by atomic mass is 127. The maximum absolute atomic E-state index is 6.19. The molecule has 6 heteroatoms. The highest BCUT2D eigenvalue weighted by Crippen LogP contribution is 2.37. The van der Waals surface area contributed by atoms with Crippen molar-refractivity contribution in [3.05, 3.63) is 55.5 Å². The molecule has 2 aromatic carbocycles. The molecule has 3 rings (SSSR count). The first-order chi connectivity index (χ1) is 10.1. The van der Waals surface area contributed by atoms with Crippen molar-refractivity contribution in [2.45, 2.75) is 0 Å². The van der Waals surface area contributed by atoms with Gasteiger partial charge in [0.25, 0.3) is 0 Å². The topological polar surface area (TPSA) is 52.0 Å². The highest BCUT2D eigenvalue weighted by Gasteiger charge is 2.18. The molecule has 0 unspecified atom stereocenters. The number of halogens is 3. The lowest BCUT2D eigenvalue weighted by atomic mass is 10.0. The Morgan fingerprint density at radius 1 is 1.10 bits per heavy atom. The quantitative estimate of drug-likeness (QED) is 0.490. The van der Waals surface area contributed by atoms with Crippen molar-refractivity contribution in [3.63, 3.8) is 0 Å². The molecule has 0 fully saturated rings. The van der Waals surface area contributed by atoms with E-state index in [1.165, 1.54) is 0 Å². The second-order valence-corrected chi connectivity index (χ2v) is 6.89. The summed E-state index contributed by atoms with van der Waals surface area (Å²) in [4.78, 5) is 0. The van der Waals surface area contributed by atoms with Crippen LogP contribution in [-0.4, -0.2) is 5.16 Å². The van der Waals surface area contributed by atoms with E-state index < -0.39 is 0 Å². The summed E-state index contributed by atoms with van der Waals surface area (Å²) in [6, 6.07) is 13.6. The molecule has 0 aliphatic rings. The summed E-state index contributed by atoms with van der Waals surface area (Å²) in [6.45, 7) is 0. The Bertz CT molecular complexity index is 802. The zero-order chi connectivity index (χ0) is 15.0. The Hall–Kier alpha value is -1.05. The summed E-state index contributed by atoms with van der Waals surface area (Å²) in [7, 11) is 0. The minimum absolute atomic E-state index is 0.294. The summed E-state index contributed by atoms with van der Waals surface area (Å²) in [5, 5.41) is 4.76. The molecule has 0 aliphatic heterocycles. The van der Waals surface area contributed by atoms with Crippen LogP contribution in [0.5, 0.6) is 0 Å². The number of benzene rings is 2. The normalized spacial score (nSPS) is 10.8. The average molecular weight is 476 g/mol. The van der Waals surface area contributed by atoms with Gasteiger partial charge in [-0.3, -0.25) is 0 Å². The Morgan fingerprint density at radius 3 is 2.43 bits per heavy atom. The summed E-state index contributed by atoms with van der Waals surface area (Å²) in [5.41, 5.74) is 9.23. The molecule has 1 heterocycles. The third kappa shape index (κ3) is 2.95. The third-order valence-electron chi connectivity index (χ3n) is 3.04. The molecule has 0 spiro atoms. The molecule has 0 saturated heterocycles. The van der Waals surface area contributed by atoms with Crippen molar-refractivity contribution in [1.82, 2.24) is 5.16 Å². The van der Waals surface area contributed by atoms with Crippen LogP contribution in [0.2, 0.25) is 5.02 Å². The number of rotatable bonds is 2. The predicted octanol–water partition coefficient (Wildman–Crippen LogP) is 5.61. The number of nitrogens with zero attached hydrogens (tertiary/aromatic N) is 1. The van der Waals surface area contributed by atoms with Gasteiger partial charge >= 0.3 is 0 Å². The summed E-state index contributed by atoms with van der Waals surface area (Å²) in [6.07, 6.45) is 0. The van der Waals surface area contributed by atoms with Crippen LogP contribution in [0.1, 0.15) is 0 Å². The van der Waals surface area contributed by atoms with Gasteiger partial charge in [0.2, 0.25) is 5.88 Å². The number of nitrogen functional groups attached to an aromatic ring is 1. The van der Waals surface area contributed by atoms with Crippen molar-refractivity contribution in [2.75, 3.05) is 5.73 Å². The smallest absolute Gasteiger partial charge is 0.230 e. The molecule has 1 aromatic heterocycles. The van der Waals surface area contributed by atoms with Gasteiger partial charge in [-0.05, 0) is 52.4 Å². The lowest BCUT2D eigenvalue weighted by molar-refractivity contribution is 0.439. The predicted molar refractivity (Wildman–Crippen MR) is 97.2 cm³/mol. The molecule has 21 heavy (non-hydrogen) atoms. The lowest BCUT2D eigenvalue weighted by Crippen LogP contribution is -1.88. The van der Waals surface area contributed by atoms with Gasteiger partial charge in [0.05, 0.1) is 10.6 Å². The maximum Gasteiger partial charge on any atom is 0.230 e. The van der Waals surface area contributed by atoms with Gasteiger partial charge < -0.3 is 10.3 Å². The number of aromatic nitrogens is 1. The minimum Gasteiger partial charge on any atom is -0.367 e. The van der Waals surface area contributed by atoms with E-state index in [0.717, 1.165) is 24.7 Å². The van der Waals surface area contributed by atoms with Crippen LogP contribution in [0, 0.1) is 3.57 Å². The van der Waals surface area contributed by atoms with Crippen LogP contribution >= 0.6 is 50.1 Å². The second kappa shape index (κ2) is 5.98. The molecule has 0 bridgehead atoms. The second-order valence-electron chi connectivity index (χ2n) is 4.41. The van der Waals surface area contributed by atoms with Crippen LogP contribution < -0.4 is 5.73 Å². The van der Waals surface area contributed by atoms with Crippen LogP contribution in [-0.2, 0) is 0 Å². The molecule has 0 saturated carbocycles. The number of hydrogen-bond acceptors (Lipinski definition) is 3. The van der Waals surface area contributed by atoms with Crippen molar-refractivity contribution >= 4 is 56.0 Å². The first-order valence-corrected chi connectivity index (χ1v) is 8.28. The van der Waals surface area contributed by atoms with E-state index >= 15 is 0 Å². The summed E-state index contributed by atoms with van der Waals surface area (Å²) < 4.78 is 7.16. The fourth-order valence-corrected chi connectivity index (χ4v) is 2.82. The summed E-state index contributed by atoms with van der Waals surface area (Å²) in [5.74, 6) is 0.294. The van der Waals surface area contributed by atoms with Gasteiger partial charge in [-0.25, -0.2) is 0 Å². The van der Waals surface area contributed by atoms with Crippen LogP contribution in [0.3, 0.4) is 0 Å². The van der Waals surface area contributed by atoms with Crippen LogP contribution in [0.4, 0.5) is 5.88 Å². The van der Waals surface area contributed by atoms with Gasteiger partial charge in [-0.2, -0.15) is 0 Å². The van der Waals surface area contributed by atoms with E-state index in [1.807, 2.05) is 42.5 Å². The first-order valence-electron chi connectivity index (χ1n) is 6.03. The molecule has 3 nitrogen and oxygen atoms in total. The van der Waals surface area contributed by atoms with Gasteiger partial charge in [0.15, 0.2) is 0 Å². The molecule has 2 N–H and O–H groups in total. The number of anilines is 1. The van der Waals surface area contributed by atoms with E-state index in [1.54, 1.807) is 0 Å². The van der Waals surface area contributed by atoms with E-state index in [-0.39, 0.29) is 0 Å². The van der Waals surface area contributed by atoms with E-state index in [4.69, 9.17) is 21.9 Å². The minimum atomic E-state index is 0.294. The SMILES string of the molecule is Nc1onc(-c2ccc(I)c(Cl)c2)c1-c1ccc(Br)cc1. The Balaban J connectivity index is 2.16. The Labute approximate surface area is 148 Å². The lowest BCUT2D eigenvalue weighted by Gasteiger charge is -2.04. The molecule has 0 atom stereocenters. The molecule has 0 radical (unpaired) electrons. The van der Waals surface area contributed by atoms with Crippen molar-refractivity contribution < 1.29 is 4.52 Å². The van der Waals surface area contributed by atoms with Gasteiger partial charge in [0.1, 0.15) is 5.69 Å². The fraction of sp³-hybridized carbons (Fsp3) is 0. The van der Waals surface area contributed by atoms with Crippen LogP contribution in [0.25, 0.3) is 22.4 Å². The Kier molecular flexibility index (Phi) is 4.24. The molecular weight excluding hydrogens is 466 g/mol. The van der Waals surface area contributed by atoms with Crippen LogP contribution in [0.15, 0.2) is 51.5 Å². The number of nitrogens with two attached hydrogens (primary N) is 1. The Morgan fingerprint density at radius 2 is 1.76 bits per heavy atom. The molecule has 106 valence electrons. The average Bonchev–Trinajstić information content (AvgIpc) is 2.85. The van der Waals surface area contributed by atoms with Crippen molar-refractivity contribution in [1.29, 1.82) is 0 Å². The summed E-state index contributed by atoms with van der Waals surface area (Å²) >= 11 is 11.8. The fourth-order valence-electron chi connectivity index (χ4n) is 2.04. The highest BCUT2D eigenvalue weighted by molar-refractivity contribution is 14.1. The third-order valence-corrected chi connectivity index (χ3v) is 5.15. The zero-order valence-electron chi connectivity index (χ0n) is 10.6. The molecule has 0 aliphatic carbocycles. The standard InChI is InChI=1S/C15H9BrClIN2O/c16-10-4-1-8(2-5-10)13-14(20-21-15(13)19)9-3-6-12(18)11(17)7-9/h1-7H,19H2. The molecule has 3 aromatic rings. The van der Waals surface area contributed by atoms with E-state index in [9.17, 15) is 0 Å². The van der Waals surface area contributed by atoms with Gasteiger partial charge in [-0.1, -0.05) is 50.9 Å². The zero-order valence-corrected chi connectivity index (χ0v) is 15.1. The molecular formula is C15H9BrClIN2O. The largest absolute Gasteiger partial charge is 0.367 e. The van der Waals surface area contributed by atoms with Crippen molar-refractivity contribution in [3.8, 4) is 22.4 Å². The number of hydrogen-bond donors (Lipinski definition) is 1. The maximum atomic E-state index is 6.19. The van der Waals surface area contributed by atoms with Gasteiger partial charge in [0, 0.05) is 13.6 Å². The van der Waals surface area contributed by atoms with E-state index in [0.29, 0.717) is 16.6 Å². The monoisotopic (exact) mass is 474 g/mol. The molecule has 0 amide bonds. The van der Waals surface area contributed by atoms with E-state index in [2.05, 4.69) is 43.7 Å².